The van der Waals surface area contributed by atoms with Crippen LogP contribution in [0.25, 0.3) is 0 Å². The first-order chi connectivity index (χ1) is 3.91. The fraction of sp³-hybridized carbons (Fsp3) is 1.00. The van der Waals surface area contributed by atoms with Crippen LogP contribution in [0.4, 0.5) is 12.7 Å². The predicted molar refractivity (Wildman–Crippen MR) is 24.6 cm³/mol. The Bertz CT molecular complexity index is 120. The largest absolute Gasteiger partial charge is 0.435 e. The van der Waals surface area contributed by atoms with E-state index in [4.69, 9.17) is 13.0 Å². The molecule has 0 radical (unpaired) electrons. The van der Waals surface area contributed by atoms with Crippen LogP contribution in [0, 0.1) is 0 Å². The molecule has 0 atom stereocenters. The van der Waals surface area contributed by atoms with E-state index >= 15 is 0 Å². The molecule has 9 heavy (non-hydrogen) atoms. The minimum Gasteiger partial charge on any atom is -0.260 e. The molecule has 58 valence electrons. The molecule has 0 amide bonds. The van der Waals surface area contributed by atoms with Gasteiger partial charge in [0, 0.05) is 0 Å². The second-order valence-corrected chi connectivity index (χ2v) is 1.61. The van der Waals surface area contributed by atoms with E-state index in [1.807, 2.05) is 0 Å². The Balaban J connectivity index is 0. The first kappa shape index (κ1) is 11.5. The van der Waals surface area contributed by atoms with Gasteiger partial charge in [-0.05, 0) is 0 Å². The molecule has 0 unspecified atom stereocenters. The molecule has 0 aliphatic heterocycles. The van der Waals surface area contributed by atoms with Crippen LogP contribution in [-0.4, -0.2) is 26.3 Å². The van der Waals surface area contributed by atoms with Crippen LogP contribution >= 0.6 is 0 Å². The highest BCUT2D eigenvalue weighted by Gasteiger charge is 1.89. The van der Waals surface area contributed by atoms with Crippen LogP contribution in [0.15, 0.2) is 0 Å². The van der Waals surface area contributed by atoms with Gasteiger partial charge in [-0.15, -0.1) is 0 Å². The highest BCUT2D eigenvalue weighted by atomic mass is 32.3. The molecule has 0 aromatic carbocycles. The van der Waals surface area contributed by atoms with Crippen LogP contribution in [0.3, 0.4) is 0 Å². The maximum atomic E-state index is 10.3. The molecular weight excluding hydrogens is 161 g/mol. The summed E-state index contributed by atoms with van der Waals surface area (Å²) in [5, 5.41) is 0. The number of alkyl halides is 2. The van der Waals surface area contributed by atoms with E-state index < -0.39 is 23.9 Å². The molecule has 0 saturated carbocycles. The van der Waals surface area contributed by atoms with Gasteiger partial charge in [0.2, 0.25) is 0 Å². The van der Waals surface area contributed by atoms with E-state index in [2.05, 4.69) is 0 Å². The lowest BCUT2D eigenvalue weighted by Gasteiger charge is -1.63. The van der Waals surface area contributed by atoms with Gasteiger partial charge in [-0.3, -0.25) is 4.55 Å². The summed E-state index contributed by atoms with van der Waals surface area (Å²) in [4.78, 5) is 0. The third-order valence-corrected chi connectivity index (χ3v) is 0.0714. The fourth-order valence-electron chi connectivity index (χ4n) is 0. The summed E-state index contributed by atoms with van der Waals surface area (Å²) in [6, 6.07) is 0. The van der Waals surface area contributed by atoms with Crippen LogP contribution in [0.2, 0.25) is 0 Å². The number of hydrogen-bond donors (Lipinski definition) is 1. The van der Waals surface area contributed by atoms with Crippen LogP contribution < -0.4 is 0 Å². The zero-order valence-electron chi connectivity index (χ0n) is 4.22. The van der Waals surface area contributed by atoms with E-state index in [1.54, 1.807) is 0 Å². The van der Waals surface area contributed by atoms with Crippen molar-refractivity contribution < 1.29 is 25.6 Å². The van der Waals surface area contributed by atoms with Crippen molar-refractivity contribution in [2.75, 3.05) is 13.3 Å². The molecule has 0 saturated heterocycles. The molecule has 1 N–H and O–H groups in total. The molecule has 0 aromatic rings. The van der Waals surface area contributed by atoms with Gasteiger partial charge in [0.15, 0.2) is 0 Å². The van der Waals surface area contributed by atoms with E-state index in [0.29, 0.717) is 0 Å². The zero-order valence-corrected chi connectivity index (χ0v) is 5.04. The first-order valence-electron chi connectivity index (χ1n) is 1.70. The Hall–Kier alpha value is -0.300. The van der Waals surface area contributed by atoms with Crippen molar-refractivity contribution in [2.45, 2.75) is 0 Å². The van der Waals surface area contributed by atoms with E-state index in [0.717, 1.165) is 0 Å². The molecule has 0 bridgehead atoms. The molecule has 0 aliphatic carbocycles. The third kappa shape index (κ3) is 511. The average Bonchev–Trinajstić information content (AvgIpc) is 1.61. The van der Waals surface area contributed by atoms with Crippen molar-refractivity contribution in [1.29, 1.82) is 0 Å². The predicted octanol–water partition coefficient (Wildman–Crippen LogP) is 0.684. The second kappa shape index (κ2) is 5.83. The first-order valence-corrected chi connectivity index (χ1v) is 3.05. The molecule has 3 nitrogen and oxygen atoms in total. The highest BCUT2D eigenvalue weighted by Crippen LogP contribution is 1.74. The maximum absolute atomic E-state index is 10.3. The molecule has 0 spiro atoms. The van der Waals surface area contributed by atoms with Crippen LogP contribution in [0.1, 0.15) is 0 Å². The van der Waals surface area contributed by atoms with Gasteiger partial charge in [0.1, 0.15) is 13.3 Å². The van der Waals surface area contributed by atoms with Crippen molar-refractivity contribution in [1.82, 2.24) is 0 Å². The fourth-order valence-corrected chi connectivity index (χ4v) is 0. The SMILES string of the molecule is FCCF.O=S(=O)(O)F. The Morgan fingerprint density at radius 1 is 1.22 bits per heavy atom. The molecular formula is C2H5F3O3S. The molecule has 0 rings (SSSR count). The third-order valence-electron chi connectivity index (χ3n) is 0.0714. The van der Waals surface area contributed by atoms with Gasteiger partial charge in [-0.1, -0.05) is 3.89 Å². The topological polar surface area (TPSA) is 54.4 Å². The second-order valence-electron chi connectivity index (χ2n) is 0.790. The van der Waals surface area contributed by atoms with E-state index in [1.165, 1.54) is 0 Å². The van der Waals surface area contributed by atoms with Crippen LogP contribution in [0.5, 0.6) is 0 Å². The summed E-state index contributed by atoms with van der Waals surface area (Å²) in [5.74, 6) is 0. The van der Waals surface area contributed by atoms with Crippen molar-refractivity contribution in [2.24, 2.45) is 0 Å². The van der Waals surface area contributed by atoms with Gasteiger partial charge in [-0.25, -0.2) is 8.78 Å². The minimum atomic E-state index is -5.17. The van der Waals surface area contributed by atoms with Crippen molar-refractivity contribution in [3.63, 3.8) is 0 Å². The summed E-state index contributed by atoms with van der Waals surface area (Å²) in [7, 11) is -5.17. The van der Waals surface area contributed by atoms with Crippen molar-refractivity contribution >= 4 is 10.5 Å². The Morgan fingerprint density at radius 2 is 1.33 bits per heavy atom. The van der Waals surface area contributed by atoms with Gasteiger partial charge in [-0.2, -0.15) is 8.42 Å². The summed E-state index contributed by atoms with van der Waals surface area (Å²) in [5.41, 5.74) is 0. The monoisotopic (exact) mass is 166 g/mol. The Morgan fingerprint density at radius 3 is 1.33 bits per heavy atom. The molecule has 0 aromatic heterocycles. The number of rotatable bonds is 1. The van der Waals surface area contributed by atoms with Crippen LogP contribution in [-0.2, 0) is 10.5 Å². The Labute approximate surface area is 50.5 Å². The summed E-state index contributed by atoms with van der Waals surface area (Å²) >= 11 is 0. The average molecular weight is 166 g/mol. The van der Waals surface area contributed by atoms with Gasteiger partial charge in [0.05, 0.1) is 0 Å². The van der Waals surface area contributed by atoms with Gasteiger partial charge >= 0.3 is 10.5 Å². The number of hydrogen-bond acceptors (Lipinski definition) is 2. The Kier molecular flexibility index (Phi) is 7.44. The highest BCUT2D eigenvalue weighted by molar-refractivity contribution is 7.80. The number of halogens is 3. The summed E-state index contributed by atoms with van der Waals surface area (Å²) < 4.78 is 54.8. The summed E-state index contributed by atoms with van der Waals surface area (Å²) in [6.45, 7) is -1.69. The standard InChI is InChI=1S/C2H4F2.FHO3S/c3-1-2-4;1-5(2,3)4/h1-2H2;(H,2,3,4). The van der Waals surface area contributed by atoms with Crippen molar-refractivity contribution in [3.8, 4) is 0 Å². The van der Waals surface area contributed by atoms with Crippen molar-refractivity contribution in [3.05, 3.63) is 0 Å². The minimum absolute atomic E-state index is 0.847. The van der Waals surface area contributed by atoms with E-state index in [-0.39, 0.29) is 0 Å². The zero-order chi connectivity index (χ0) is 7.91. The lowest BCUT2D eigenvalue weighted by molar-refractivity contribution is 0.380. The smallest absolute Gasteiger partial charge is 0.260 e. The lowest BCUT2D eigenvalue weighted by Crippen LogP contribution is -1.80. The normalized spacial score (nSPS) is 9.78. The molecule has 0 fully saturated rings. The molecule has 7 heteroatoms. The van der Waals surface area contributed by atoms with Gasteiger partial charge < -0.3 is 0 Å². The van der Waals surface area contributed by atoms with Gasteiger partial charge in [0.25, 0.3) is 0 Å². The van der Waals surface area contributed by atoms with E-state index in [9.17, 15) is 12.7 Å². The lowest BCUT2D eigenvalue weighted by atomic mass is 10.9. The molecule has 0 aliphatic rings. The molecule has 0 heterocycles. The quantitative estimate of drug-likeness (QED) is 0.460. The summed E-state index contributed by atoms with van der Waals surface area (Å²) in [6.07, 6.45) is 0. The maximum Gasteiger partial charge on any atom is 0.435 e.